The lowest BCUT2D eigenvalue weighted by atomic mass is 10.2. The zero-order valence-corrected chi connectivity index (χ0v) is 16.5. The van der Waals surface area contributed by atoms with Crippen molar-refractivity contribution in [3.8, 4) is 0 Å². The highest BCUT2D eigenvalue weighted by atomic mass is 19.1. The van der Waals surface area contributed by atoms with Crippen LogP contribution >= 0.6 is 0 Å². The van der Waals surface area contributed by atoms with Gasteiger partial charge in [0.15, 0.2) is 0 Å². The topological polar surface area (TPSA) is 0 Å². The predicted molar refractivity (Wildman–Crippen MR) is 128 cm³/mol. The van der Waals surface area contributed by atoms with Crippen molar-refractivity contribution >= 4 is 0 Å². The molecule has 2 heteroatoms. The van der Waals surface area contributed by atoms with Crippen LogP contribution in [0, 0.1) is 53.2 Å². The van der Waals surface area contributed by atoms with Gasteiger partial charge in [-0.25, -0.2) is 8.78 Å². The Morgan fingerprint density at radius 2 is 0.655 bits per heavy atom. The Bertz CT molecular complexity index is 748. The van der Waals surface area contributed by atoms with Crippen molar-refractivity contribution in [2.75, 3.05) is 0 Å². The van der Waals surface area contributed by atoms with Gasteiger partial charge in [0, 0.05) is 0 Å². The van der Waals surface area contributed by atoms with E-state index in [-0.39, 0.29) is 33.9 Å². The maximum atomic E-state index is 12.6. The first-order chi connectivity index (χ1) is 12.2. The Balaban J connectivity index is -0.000000333. The number of halogens is 2. The van der Waals surface area contributed by atoms with Gasteiger partial charge in [0.25, 0.3) is 0 Å². The van der Waals surface area contributed by atoms with Crippen molar-refractivity contribution in [2.45, 2.75) is 63.8 Å². The lowest BCUT2D eigenvalue weighted by Gasteiger charge is -1.94. The molecule has 0 aliphatic carbocycles. The molecule has 0 nitrogen and oxygen atoms in total. The van der Waals surface area contributed by atoms with Crippen LogP contribution in [-0.4, -0.2) is 0 Å². The summed E-state index contributed by atoms with van der Waals surface area (Å²) in [4.78, 5) is 0. The molecule has 0 saturated heterocycles. The minimum atomic E-state index is -0.116. The third-order valence-electron chi connectivity index (χ3n) is 3.87. The first-order valence-corrected chi connectivity index (χ1v) is 8.68. The van der Waals surface area contributed by atoms with Gasteiger partial charge in [0.2, 0.25) is 0 Å². The Morgan fingerprint density at radius 1 is 0.414 bits per heavy atom. The van der Waals surface area contributed by atoms with Gasteiger partial charge in [-0.05, 0) is 75.9 Å². The number of hydrogen-bond acceptors (Lipinski definition) is 0. The van der Waals surface area contributed by atoms with Crippen molar-refractivity contribution < 1.29 is 8.78 Å². The highest BCUT2D eigenvalue weighted by Crippen LogP contribution is 2.07. The average Bonchev–Trinajstić information content (AvgIpc) is 2.59. The van der Waals surface area contributed by atoms with Crippen molar-refractivity contribution in [1.29, 1.82) is 0 Å². The van der Waals surface area contributed by atoms with Crippen LogP contribution in [0.5, 0.6) is 0 Å². The van der Waals surface area contributed by atoms with E-state index < -0.39 is 0 Å². The summed E-state index contributed by atoms with van der Waals surface area (Å²) in [5.41, 5.74) is 6.02. The first-order valence-electron chi connectivity index (χ1n) is 8.68. The molecule has 0 unspecified atom stereocenters. The molecule has 0 radical (unpaired) electrons. The Labute approximate surface area is 178 Å². The maximum Gasteiger partial charge on any atom is 0.126 e. The minimum Gasteiger partial charge on any atom is -0.207 e. The summed E-state index contributed by atoms with van der Waals surface area (Å²) in [6.07, 6.45) is 0. The molecule has 0 aliphatic rings. The second kappa shape index (κ2) is 15.4. The van der Waals surface area contributed by atoms with Gasteiger partial charge in [-0.2, -0.15) is 0 Å². The van der Waals surface area contributed by atoms with Crippen LogP contribution in [-0.2, 0) is 0 Å². The van der Waals surface area contributed by atoms with E-state index in [4.69, 9.17) is 0 Å². The van der Waals surface area contributed by atoms with E-state index in [2.05, 4.69) is 38.1 Å². The van der Waals surface area contributed by atoms with Gasteiger partial charge in [0.1, 0.15) is 11.6 Å². The highest BCUT2D eigenvalue weighted by Gasteiger charge is 1.94. The molecule has 0 spiro atoms. The lowest BCUT2D eigenvalue weighted by molar-refractivity contribution is 0.617. The fourth-order valence-corrected chi connectivity index (χ4v) is 2.03. The molecule has 3 rings (SSSR count). The second-order valence-electron chi connectivity index (χ2n) is 6.66. The zero-order valence-electron chi connectivity index (χ0n) is 16.5. The smallest absolute Gasteiger partial charge is 0.126 e. The molecule has 0 atom stereocenters. The highest BCUT2D eigenvalue weighted by molar-refractivity contribution is 5.22. The van der Waals surface area contributed by atoms with E-state index in [1.807, 2.05) is 26.0 Å². The van der Waals surface area contributed by atoms with Crippen molar-refractivity contribution in [3.05, 3.63) is 106 Å². The van der Waals surface area contributed by atoms with Gasteiger partial charge in [-0.1, -0.05) is 81.9 Å². The third-order valence-corrected chi connectivity index (χ3v) is 3.87. The van der Waals surface area contributed by atoms with Crippen molar-refractivity contribution in [3.63, 3.8) is 0 Å². The largest absolute Gasteiger partial charge is 0.207 e. The Kier molecular flexibility index (Phi) is 16.6. The summed E-state index contributed by atoms with van der Waals surface area (Å²) in [5.74, 6) is -0.231. The summed E-state index contributed by atoms with van der Waals surface area (Å²) in [7, 11) is 0. The van der Waals surface area contributed by atoms with Crippen LogP contribution in [0.3, 0.4) is 0 Å². The van der Waals surface area contributed by atoms with Gasteiger partial charge in [0.05, 0.1) is 0 Å². The molecular weight excluding hydrogens is 362 g/mol. The fraction of sp³-hybridized carbons (Fsp3) is 0.333. The Morgan fingerprint density at radius 3 is 0.862 bits per heavy atom. The van der Waals surface area contributed by atoms with Crippen molar-refractivity contribution in [2.24, 2.45) is 0 Å². The SMILES string of the molecule is C.C.C.Cc1ccc(C)c(F)c1.Cc1ccc(C)c(F)c1.Cc1ccc(C)cc1. The molecule has 3 aromatic carbocycles. The number of benzene rings is 3. The van der Waals surface area contributed by atoms with Gasteiger partial charge in [-0.15, -0.1) is 0 Å². The summed E-state index contributed by atoms with van der Waals surface area (Å²) in [6, 6.07) is 18.9. The summed E-state index contributed by atoms with van der Waals surface area (Å²) in [6.45, 7) is 11.5. The fourth-order valence-electron chi connectivity index (χ4n) is 2.03. The molecule has 0 aliphatic heterocycles. The molecule has 0 N–H and O–H groups in total. The van der Waals surface area contributed by atoms with E-state index in [9.17, 15) is 8.78 Å². The number of hydrogen-bond donors (Lipinski definition) is 0. The van der Waals surface area contributed by atoms with E-state index in [0.29, 0.717) is 11.1 Å². The molecular formula is C27H40F2. The number of rotatable bonds is 0. The van der Waals surface area contributed by atoms with Crippen LogP contribution in [0.2, 0.25) is 0 Å². The maximum absolute atomic E-state index is 12.6. The average molecular weight is 403 g/mol. The minimum absolute atomic E-state index is 0. The predicted octanol–water partition coefficient (Wildman–Crippen LogP) is 9.10. The van der Waals surface area contributed by atoms with Gasteiger partial charge in [-0.3, -0.25) is 0 Å². The van der Waals surface area contributed by atoms with E-state index in [0.717, 1.165) is 11.1 Å². The molecule has 0 saturated carbocycles. The van der Waals surface area contributed by atoms with E-state index >= 15 is 0 Å². The van der Waals surface area contributed by atoms with E-state index in [1.54, 1.807) is 26.0 Å². The van der Waals surface area contributed by atoms with Crippen LogP contribution in [0.1, 0.15) is 55.7 Å². The lowest BCUT2D eigenvalue weighted by Crippen LogP contribution is -1.81. The molecule has 0 heterocycles. The molecule has 0 fully saturated rings. The third kappa shape index (κ3) is 12.6. The quantitative estimate of drug-likeness (QED) is 0.352. The van der Waals surface area contributed by atoms with Gasteiger partial charge < -0.3 is 0 Å². The van der Waals surface area contributed by atoms with Crippen LogP contribution in [0.25, 0.3) is 0 Å². The monoisotopic (exact) mass is 402 g/mol. The molecule has 0 bridgehead atoms. The van der Waals surface area contributed by atoms with Crippen LogP contribution in [0.4, 0.5) is 8.78 Å². The standard InChI is InChI=1S/2C8H9F.C8H10.3CH4/c2*1-6-3-4-7(2)8(9)5-6;1-7-3-5-8(2)6-4-7;;;/h2*3-5H,1-2H3;3-6H,1-2H3;3*1H4. The molecule has 162 valence electrons. The normalized spacial score (nSPS) is 8.55. The molecule has 29 heavy (non-hydrogen) atoms. The van der Waals surface area contributed by atoms with Crippen LogP contribution < -0.4 is 0 Å². The van der Waals surface area contributed by atoms with Crippen LogP contribution in [0.15, 0.2) is 60.7 Å². The number of aryl methyl sites for hydroxylation is 6. The van der Waals surface area contributed by atoms with Crippen molar-refractivity contribution in [1.82, 2.24) is 0 Å². The summed E-state index contributed by atoms with van der Waals surface area (Å²) in [5, 5.41) is 0. The zero-order chi connectivity index (χ0) is 19.7. The molecule has 3 aromatic rings. The summed E-state index contributed by atoms with van der Waals surface area (Å²) < 4.78 is 25.2. The second-order valence-corrected chi connectivity index (χ2v) is 6.66. The first kappa shape index (κ1) is 31.2. The van der Waals surface area contributed by atoms with Gasteiger partial charge >= 0.3 is 0 Å². The summed E-state index contributed by atoms with van der Waals surface area (Å²) >= 11 is 0. The van der Waals surface area contributed by atoms with E-state index in [1.165, 1.54) is 23.3 Å². The molecule has 0 amide bonds. The molecule has 0 aromatic heterocycles. The Hall–Kier alpha value is -2.48.